The zero-order valence-electron chi connectivity index (χ0n) is 18.3. The zero-order valence-corrected chi connectivity index (χ0v) is 19.1. The Morgan fingerprint density at radius 2 is 1.97 bits per heavy atom. The average Bonchev–Trinajstić information content (AvgIpc) is 3.24. The number of nitrogens with zero attached hydrogens (tertiary/aromatic N) is 3. The molecule has 0 spiro atoms. The summed E-state index contributed by atoms with van der Waals surface area (Å²) in [6.45, 7) is 3.79. The molecule has 7 heteroatoms. The minimum absolute atomic E-state index is 0.0149. The van der Waals surface area contributed by atoms with E-state index in [1.165, 1.54) is 22.9 Å². The van der Waals surface area contributed by atoms with Gasteiger partial charge in [-0.2, -0.15) is 5.26 Å². The lowest BCUT2D eigenvalue weighted by atomic mass is 10.1. The second-order valence-electron chi connectivity index (χ2n) is 8.12. The number of aryl methyl sites for hydroxylation is 2. The highest BCUT2D eigenvalue weighted by atomic mass is 35.5. The summed E-state index contributed by atoms with van der Waals surface area (Å²) >= 11 is 6.60. The van der Waals surface area contributed by atoms with Crippen molar-refractivity contribution in [2.75, 3.05) is 11.4 Å². The van der Waals surface area contributed by atoms with E-state index in [1.54, 1.807) is 28.8 Å². The number of hydrogen-bond donors (Lipinski definition) is 1. The Balaban J connectivity index is 1.67. The van der Waals surface area contributed by atoms with Crippen molar-refractivity contribution in [1.82, 2.24) is 4.57 Å². The van der Waals surface area contributed by atoms with E-state index >= 15 is 0 Å². The number of rotatable bonds is 7. The molecule has 0 fully saturated rings. The van der Waals surface area contributed by atoms with E-state index < -0.39 is 5.97 Å². The molecule has 0 aliphatic carbocycles. The molecule has 3 aromatic rings. The predicted molar refractivity (Wildman–Crippen MR) is 128 cm³/mol. The molecule has 1 aliphatic rings. The van der Waals surface area contributed by atoms with Gasteiger partial charge in [-0.3, -0.25) is 4.79 Å². The third-order valence-corrected chi connectivity index (χ3v) is 6.51. The van der Waals surface area contributed by atoms with Crippen LogP contribution in [0.5, 0.6) is 0 Å². The number of para-hydroxylation sites is 1. The topological polar surface area (TPSA) is 86.3 Å². The Labute approximate surface area is 197 Å². The smallest absolute Gasteiger partial charge is 0.335 e. The lowest BCUT2D eigenvalue weighted by molar-refractivity contribution is 0.0697. The van der Waals surface area contributed by atoms with E-state index in [9.17, 15) is 14.9 Å². The summed E-state index contributed by atoms with van der Waals surface area (Å²) in [5, 5.41) is 18.9. The van der Waals surface area contributed by atoms with Gasteiger partial charge in [0, 0.05) is 18.8 Å². The molecule has 2 aromatic carbocycles. The van der Waals surface area contributed by atoms with Crippen molar-refractivity contribution in [2.45, 2.75) is 39.3 Å². The monoisotopic (exact) mass is 461 g/mol. The molecule has 4 rings (SSSR count). The van der Waals surface area contributed by atoms with Gasteiger partial charge in [0.15, 0.2) is 0 Å². The summed E-state index contributed by atoms with van der Waals surface area (Å²) in [4.78, 5) is 26.4. The second kappa shape index (κ2) is 9.51. The summed E-state index contributed by atoms with van der Waals surface area (Å²) in [6.07, 6.45) is 2.37. The molecule has 0 saturated carbocycles. The maximum Gasteiger partial charge on any atom is 0.335 e. The molecule has 168 valence electrons. The largest absolute Gasteiger partial charge is 0.478 e. The van der Waals surface area contributed by atoms with Crippen molar-refractivity contribution in [3.8, 4) is 6.07 Å². The van der Waals surface area contributed by atoms with Crippen LogP contribution in [-0.4, -0.2) is 22.2 Å². The Bertz CT molecular complexity index is 1310. The molecular weight excluding hydrogens is 438 g/mol. The molecule has 33 heavy (non-hydrogen) atoms. The lowest BCUT2D eigenvalue weighted by Crippen LogP contribution is -2.31. The number of aromatic carboxylic acids is 1. The SMILES string of the molecule is CCc1cccc2c1N(Cc1c(Cl)cc(C#N)c(=O)n1CCc1ccc(C(=O)O)cc1)CC2. The van der Waals surface area contributed by atoms with Crippen LogP contribution in [0.2, 0.25) is 5.02 Å². The van der Waals surface area contributed by atoms with Crippen molar-refractivity contribution >= 4 is 23.3 Å². The van der Waals surface area contributed by atoms with Crippen LogP contribution in [0.15, 0.2) is 53.3 Å². The molecule has 0 unspecified atom stereocenters. The standard InChI is InChI=1S/C26H24ClN3O3/c1-2-18-4-3-5-19-11-12-29(24(18)19)16-23-22(27)14-21(15-28)25(31)30(23)13-10-17-6-8-20(9-7-17)26(32)33/h3-9,14H,2,10-13,16H2,1H3,(H,32,33). The Morgan fingerprint density at radius 1 is 1.21 bits per heavy atom. The molecule has 0 amide bonds. The second-order valence-corrected chi connectivity index (χ2v) is 8.53. The lowest BCUT2D eigenvalue weighted by Gasteiger charge is -2.25. The van der Waals surface area contributed by atoms with Crippen LogP contribution in [0.3, 0.4) is 0 Å². The minimum Gasteiger partial charge on any atom is -0.478 e. The zero-order chi connectivity index (χ0) is 23.5. The number of benzene rings is 2. The van der Waals surface area contributed by atoms with Gasteiger partial charge in [-0.25, -0.2) is 4.79 Å². The average molecular weight is 462 g/mol. The number of pyridine rings is 1. The number of carbonyl (C=O) groups is 1. The quantitative estimate of drug-likeness (QED) is 0.562. The number of aromatic nitrogens is 1. The van der Waals surface area contributed by atoms with Crippen molar-refractivity contribution in [2.24, 2.45) is 0 Å². The Hall–Kier alpha value is -3.56. The van der Waals surface area contributed by atoms with Crippen LogP contribution in [-0.2, 0) is 32.4 Å². The van der Waals surface area contributed by atoms with Crippen LogP contribution in [0, 0.1) is 11.3 Å². The van der Waals surface area contributed by atoms with Gasteiger partial charge in [-0.05, 0) is 54.2 Å². The molecule has 1 aliphatic heterocycles. The summed E-state index contributed by atoms with van der Waals surface area (Å²) < 4.78 is 1.60. The maximum absolute atomic E-state index is 13.1. The third-order valence-electron chi connectivity index (χ3n) is 6.19. The number of anilines is 1. The fourth-order valence-electron chi connectivity index (χ4n) is 4.44. The van der Waals surface area contributed by atoms with Crippen LogP contribution >= 0.6 is 11.6 Å². The van der Waals surface area contributed by atoms with E-state index in [1.807, 2.05) is 6.07 Å². The fraction of sp³-hybridized carbons (Fsp3) is 0.269. The summed E-state index contributed by atoms with van der Waals surface area (Å²) in [5.74, 6) is -0.981. The first kappa shape index (κ1) is 22.6. The van der Waals surface area contributed by atoms with Gasteiger partial charge in [0.05, 0.1) is 22.8 Å². The van der Waals surface area contributed by atoms with Crippen molar-refractivity contribution in [1.29, 1.82) is 5.26 Å². The first-order chi connectivity index (χ1) is 15.9. The van der Waals surface area contributed by atoms with Gasteiger partial charge in [0.25, 0.3) is 5.56 Å². The van der Waals surface area contributed by atoms with E-state index in [4.69, 9.17) is 16.7 Å². The molecule has 0 radical (unpaired) electrons. The van der Waals surface area contributed by atoms with Gasteiger partial charge in [0.2, 0.25) is 0 Å². The van der Waals surface area contributed by atoms with Gasteiger partial charge >= 0.3 is 5.97 Å². The maximum atomic E-state index is 13.1. The number of carboxylic acid groups (broad SMARTS) is 1. The summed E-state index contributed by atoms with van der Waals surface area (Å²) in [5.41, 5.74) is 5.23. The Morgan fingerprint density at radius 3 is 2.64 bits per heavy atom. The number of nitriles is 1. The van der Waals surface area contributed by atoms with Crippen LogP contribution < -0.4 is 10.5 Å². The summed E-state index contributed by atoms with van der Waals surface area (Å²) in [6, 6.07) is 16.4. The van der Waals surface area contributed by atoms with E-state index in [0.717, 1.165) is 24.9 Å². The molecule has 0 saturated heterocycles. The molecule has 1 aromatic heterocycles. The van der Waals surface area contributed by atoms with E-state index in [0.29, 0.717) is 30.2 Å². The number of halogens is 1. The van der Waals surface area contributed by atoms with Crippen molar-refractivity contribution in [3.63, 3.8) is 0 Å². The molecule has 0 bridgehead atoms. The highest BCUT2D eigenvalue weighted by molar-refractivity contribution is 6.31. The first-order valence-corrected chi connectivity index (χ1v) is 11.3. The molecular formula is C26H24ClN3O3. The van der Waals surface area contributed by atoms with E-state index in [2.05, 4.69) is 30.0 Å². The predicted octanol–water partition coefficient (Wildman–Crippen LogP) is 4.44. The molecule has 6 nitrogen and oxygen atoms in total. The van der Waals surface area contributed by atoms with Gasteiger partial charge in [0.1, 0.15) is 11.6 Å². The third kappa shape index (κ3) is 4.50. The van der Waals surface area contributed by atoms with Crippen LogP contribution in [0.4, 0.5) is 5.69 Å². The normalized spacial score (nSPS) is 12.5. The van der Waals surface area contributed by atoms with Crippen molar-refractivity contribution < 1.29 is 9.90 Å². The number of hydrogen-bond acceptors (Lipinski definition) is 4. The molecule has 1 N–H and O–H groups in total. The summed E-state index contributed by atoms with van der Waals surface area (Å²) in [7, 11) is 0. The molecule has 2 heterocycles. The minimum atomic E-state index is -0.981. The van der Waals surface area contributed by atoms with Crippen molar-refractivity contribution in [3.05, 3.63) is 97.4 Å². The number of carboxylic acids is 1. The van der Waals surface area contributed by atoms with Crippen LogP contribution in [0.25, 0.3) is 0 Å². The highest BCUT2D eigenvalue weighted by Crippen LogP contribution is 2.34. The molecule has 0 atom stereocenters. The number of fused-ring (bicyclic) bond motifs is 1. The van der Waals surface area contributed by atoms with Crippen LogP contribution in [0.1, 0.15) is 45.2 Å². The first-order valence-electron chi connectivity index (χ1n) is 10.9. The fourth-order valence-corrected chi connectivity index (χ4v) is 4.72. The van der Waals surface area contributed by atoms with Gasteiger partial charge in [-0.15, -0.1) is 0 Å². The highest BCUT2D eigenvalue weighted by Gasteiger charge is 2.24. The van der Waals surface area contributed by atoms with Gasteiger partial charge < -0.3 is 14.6 Å². The Kier molecular flexibility index (Phi) is 6.52. The van der Waals surface area contributed by atoms with E-state index in [-0.39, 0.29) is 16.7 Å². The van der Waals surface area contributed by atoms with Gasteiger partial charge in [-0.1, -0.05) is 48.9 Å².